The monoisotopic (exact) mass is 277 g/mol. The highest BCUT2D eigenvalue weighted by Gasteiger charge is 2.22. The number of anilines is 1. The first-order valence-corrected chi connectivity index (χ1v) is 6.78. The van der Waals surface area contributed by atoms with Crippen LogP contribution in [0.5, 0.6) is 0 Å². The van der Waals surface area contributed by atoms with Crippen LogP contribution in [0.4, 0.5) is 5.69 Å². The number of hydrogen-bond donors (Lipinski definition) is 2. The molecule has 20 heavy (non-hydrogen) atoms. The number of rotatable bonds is 2. The van der Waals surface area contributed by atoms with E-state index in [2.05, 4.69) is 22.1 Å². The van der Waals surface area contributed by atoms with Gasteiger partial charge in [-0.05, 0) is 6.92 Å². The molecule has 3 rings (SSSR count). The summed E-state index contributed by atoms with van der Waals surface area (Å²) in [7, 11) is 1.70. The highest BCUT2D eigenvalue weighted by Crippen LogP contribution is 2.22. The van der Waals surface area contributed by atoms with Crippen LogP contribution in [0, 0.1) is 0 Å². The number of aliphatic hydroxyl groups excluding tert-OH is 1. The van der Waals surface area contributed by atoms with Gasteiger partial charge in [-0.1, -0.05) is 0 Å². The third-order valence-electron chi connectivity index (χ3n) is 3.84. The van der Waals surface area contributed by atoms with E-state index in [0.29, 0.717) is 17.4 Å². The van der Waals surface area contributed by atoms with Crippen LogP contribution in [-0.4, -0.2) is 45.0 Å². The predicted octanol–water partition coefficient (Wildman–Crippen LogP) is -0.677. The highest BCUT2D eigenvalue weighted by atomic mass is 16.3. The molecule has 3 heterocycles. The van der Waals surface area contributed by atoms with E-state index in [9.17, 15) is 9.90 Å². The van der Waals surface area contributed by atoms with Gasteiger partial charge in [-0.25, -0.2) is 14.2 Å². The van der Waals surface area contributed by atoms with Gasteiger partial charge in [0.15, 0.2) is 5.65 Å². The number of nitrogens with one attached hydrogen (secondary N) is 1. The summed E-state index contributed by atoms with van der Waals surface area (Å²) in [6, 6.07) is 1.93. The number of piperazine rings is 1. The fraction of sp³-hybridized carbons (Fsp3) is 0.538. The van der Waals surface area contributed by atoms with E-state index in [1.165, 1.54) is 4.68 Å². The van der Waals surface area contributed by atoms with Gasteiger partial charge in [0.05, 0.1) is 24.2 Å². The Labute approximate surface area is 116 Å². The van der Waals surface area contributed by atoms with E-state index in [-0.39, 0.29) is 12.2 Å². The van der Waals surface area contributed by atoms with Crippen molar-refractivity contribution in [3.8, 4) is 0 Å². The Bertz CT molecular complexity index is 690. The summed E-state index contributed by atoms with van der Waals surface area (Å²) in [5.41, 5.74) is 2.03. The molecule has 7 nitrogen and oxygen atoms in total. The van der Waals surface area contributed by atoms with Crippen LogP contribution in [0.25, 0.3) is 5.65 Å². The molecule has 1 atom stereocenters. The molecule has 0 aromatic carbocycles. The molecule has 7 heteroatoms. The quantitative estimate of drug-likeness (QED) is 0.761. The van der Waals surface area contributed by atoms with E-state index < -0.39 is 0 Å². The van der Waals surface area contributed by atoms with Crippen LogP contribution in [0.3, 0.4) is 0 Å². The molecule has 0 amide bonds. The number of aliphatic hydroxyl groups is 1. The maximum atomic E-state index is 12.1. The van der Waals surface area contributed by atoms with Crippen molar-refractivity contribution in [2.24, 2.45) is 7.05 Å². The van der Waals surface area contributed by atoms with Crippen molar-refractivity contribution in [3.05, 3.63) is 28.3 Å². The maximum absolute atomic E-state index is 12.1. The van der Waals surface area contributed by atoms with E-state index in [0.717, 1.165) is 25.3 Å². The summed E-state index contributed by atoms with van der Waals surface area (Å²) in [6.07, 6.45) is 1.70. The standard InChI is InChI=1S/C13H19N5O2/c1-9-6-14-3-4-17(9)11-5-12(20)16(2)18-7-10(8-19)15-13(11)18/h5,7,9,14,19H,3-4,6,8H2,1-2H3. The minimum Gasteiger partial charge on any atom is -0.390 e. The lowest BCUT2D eigenvalue weighted by Gasteiger charge is -2.35. The minimum absolute atomic E-state index is 0.0832. The molecule has 0 bridgehead atoms. The van der Waals surface area contributed by atoms with Gasteiger partial charge in [-0.2, -0.15) is 0 Å². The van der Waals surface area contributed by atoms with Crippen molar-refractivity contribution >= 4 is 11.3 Å². The molecule has 0 aliphatic carbocycles. The van der Waals surface area contributed by atoms with Gasteiger partial charge in [0.2, 0.25) is 0 Å². The number of hydrogen-bond acceptors (Lipinski definition) is 5. The van der Waals surface area contributed by atoms with Gasteiger partial charge in [0, 0.05) is 38.8 Å². The van der Waals surface area contributed by atoms with Gasteiger partial charge >= 0.3 is 0 Å². The number of nitrogens with zero attached hydrogens (tertiary/aromatic N) is 4. The third-order valence-corrected chi connectivity index (χ3v) is 3.84. The molecule has 0 radical (unpaired) electrons. The summed E-state index contributed by atoms with van der Waals surface area (Å²) in [5, 5.41) is 12.6. The van der Waals surface area contributed by atoms with Crippen molar-refractivity contribution in [1.82, 2.24) is 19.5 Å². The molecule has 2 N–H and O–H groups in total. The lowest BCUT2D eigenvalue weighted by molar-refractivity contribution is 0.277. The Hall–Kier alpha value is -1.86. The van der Waals surface area contributed by atoms with Crippen LogP contribution >= 0.6 is 0 Å². The zero-order chi connectivity index (χ0) is 14.3. The van der Waals surface area contributed by atoms with Crippen LogP contribution in [0.15, 0.2) is 17.1 Å². The zero-order valence-corrected chi connectivity index (χ0v) is 11.7. The molecule has 1 unspecified atom stereocenters. The maximum Gasteiger partial charge on any atom is 0.267 e. The Kier molecular flexibility index (Phi) is 3.23. The van der Waals surface area contributed by atoms with Crippen molar-refractivity contribution in [2.45, 2.75) is 19.6 Å². The van der Waals surface area contributed by atoms with Crippen molar-refractivity contribution < 1.29 is 5.11 Å². The molecule has 1 fully saturated rings. The van der Waals surface area contributed by atoms with Crippen LogP contribution in [0.1, 0.15) is 12.6 Å². The fourth-order valence-electron chi connectivity index (χ4n) is 2.69. The van der Waals surface area contributed by atoms with Crippen LogP contribution in [0.2, 0.25) is 0 Å². The Morgan fingerprint density at radius 1 is 1.55 bits per heavy atom. The van der Waals surface area contributed by atoms with Gasteiger partial charge < -0.3 is 15.3 Å². The minimum atomic E-state index is -0.133. The molecular formula is C13H19N5O2. The molecule has 2 aromatic heterocycles. The summed E-state index contributed by atoms with van der Waals surface area (Å²) < 4.78 is 3.20. The predicted molar refractivity (Wildman–Crippen MR) is 76.0 cm³/mol. The third kappa shape index (κ3) is 1.99. The number of aryl methyl sites for hydroxylation is 1. The number of imidazole rings is 1. The molecule has 0 saturated carbocycles. The van der Waals surface area contributed by atoms with E-state index >= 15 is 0 Å². The van der Waals surface area contributed by atoms with Crippen molar-refractivity contribution in [2.75, 3.05) is 24.5 Å². The van der Waals surface area contributed by atoms with Crippen LogP contribution < -0.4 is 15.8 Å². The molecule has 108 valence electrons. The van der Waals surface area contributed by atoms with E-state index in [4.69, 9.17) is 0 Å². The zero-order valence-electron chi connectivity index (χ0n) is 11.7. The molecule has 1 aliphatic rings. The smallest absolute Gasteiger partial charge is 0.267 e. The lowest BCUT2D eigenvalue weighted by atomic mass is 10.2. The first kappa shape index (κ1) is 13.1. The van der Waals surface area contributed by atoms with Crippen LogP contribution in [-0.2, 0) is 13.7 Å². The highest BCUT2D eigenvalue weighted by molar-refractivity contribution is 5.69. The number of aromatic nitrogens is 3. The SMILES string of the molecule is CC1CNCCN1c1cc(=O)n(C)n2cc(CO)nc12. The van der Waals surface area contributed by atoms with Gasteiger partial charge in [-0.15, -0.1) is 0 Å². The first-order valence-electron chi connectivity index (χ1n) is 6.78. The second-order valence-electron chi connectivity index (χ2n) is 5.20. The molecule has 2 aromatic rings. The fourth-order valence-corrected chi connectivity index (χ4v) is 2.69. The summed E-state index contributed by atoms with van der Waals surface area (Å²) >= 11 is 0. The first-order chi connectivity index (χ1) is 9.61. The van der Waals surface area contributed by atoms with Crippen molar-refractivity contribution in [1.29, 1.82) is 0 Å². The largest absolute Gasteiger partial charge is 0.390 e. The molecular weight excluding hydrogens is 258 g/mol. The van der Waals surface area contributed by atoms with E-state index in [1.54, 1.807) is 23.8 Å². The Morgan fingerprint density at radius 2 is 2.35 bits per heavy atom. The normalized spacial score (nSPS) is 19.8. The average molecular weight is 277 g/mol. The molecule has 1 saturated heterocycles. The van der Waals surface area contributed by atoms with Gasteiger partial charge in [0.25, 0.3) is 5.56 Å². The summed E-state index contributed by atoms with van der Waals surface area (Å²) in [6.45, 7) is 4.60. The summed E-state index contributed by atoms with van der Waals surface area (Å²) in [5.74, 6) is 0. The van der Waals surface area contributed by atoms with Gasteiger partial charge in [0.1, 0.15) is 0 Å². The molecule has 0 spiro atoms. The van der Waals surface area contributed by atoms with E-state index in [1.807, 2.05) is 0 Å². The topological polar surface area (TPSA) is 74.8 Å². The lowest BCUT2D eigenvalue weighted by Crippen LogP contribution is -2.50. The molecule has 1 aliphatic heterocycles. The second kappa shape index (κ2) is 4.92. The second-order valence-corrected chi connectivity index (χ2v) is 5.20. The van der Waals surface area contributed by atoms with Crippen molar-refractivity contribution in [3.63, 3.8) is 0 Å². The van der Waals surface area contributed by atoms with Gasteiger partial charge in [-0.3, -0.25) is 4.79 Å². The summed E-state index contributed by atoms with van der Waals surface area (Å²) in [4.78, 5) is 18.7. The average Bonchev–Trinajstić information content (AvgIpc) is 2.88. The Balaban J connectivity index is 2.21. The Morgan fingerprint density at radius 3 is 3.05 bits per heavy atom. The number of fused-ring (bicyclic) bond motifs is 1.